The van der Waals surface area contributed by atoms with E-state index in [1.165, 1.54) is 0 Å². The first-order valence-electron chi connectivity index (χ1n) is 7.52. The van der Waals surface area contributed by atoms with Crippen molar-refractivity contribution >= 4 is 32.7 Å². The van der Waals surface area contributed by atoms with Gasteiger partial charge in [0.2, 0.25) is 0 Å². The Bertz CT molecular complexity index is 924. The fourth-order valence-electron chi connectivity index (χ4n) is 1.88. The first kappa shape index (κ1) is 28.8. The van der Waals surface area contributed by atoms with E-state index in [0.717, 1.165) is 12.1 Å². The molecular weight excluding hydrogens is 622 g/mol. The monoisotopic (exact) mass is 630 g/mol. The SMILES string of the molecule is CC(I)c1ccc(OS(=O)(=O)C(F)(F)C(F)(F)C(F)(F)C(F)(F)C(F)(F)C(F)(F)F)cc1. The standard InChI is InChI=1S/C14H8F13IO3S/c1-6(28)7-2-4-8(5-3-7)31-32(29,30)14(26,27)12(21,22)10(17,18)9(15,16)11(19,20)13(23,24)25/h2-6H,1H3. The van der Waals surface area contributed by atoms with E-state index in [0.29, 0.717) is 17.7 Å². The zero-order chi connectivity index (χ0) is 25.8. The summed E-state index contributed by atoms with van der Waals surface area (Å²) in [6.07, 6.45) is -7.60. The van der Waals surface area contributed by atoms with Crippen LogP contribution in [0.3, 0.4) is 0 Å². The fraction of sp³-hybridized carbons (Fsp3) is 0.571. The van der Waals surface area contributed by atoms with Crippen LogP contribution in [0, 0.1) is 0 Å². The Morgan fingerprint density at radius 2 is 1.09 bits per heavy atom. The normalized spacial score (nSPS) is 16.1. The molecule has 0 radical (unpaired) electrons. The zero-order valence-corrected chi connectivity index (χ0v) is 17.8. The Labute approximate surface area is 184 Å². The Kier molecular flexibility index (Phi) is 7.41. The largest absolute Gasteiger partial charge is 0.460 e. The molecule has 0 bridgehead atoms. The van der Waals surface area contributed by atoms with E-state index >= 15 is 0 Å². The molecule has 0 saturated heterocycles. The van der Waals surface area contributed by atoms with Gasteiger partial charge in [0.05, 0.1) is 0 Å². The van der Waals surface area contributed by atoms with E-state index in [4.69, 9.17) is 0 Å². The molecule has 0 aliphatic rings. The van der Waals surface area contributed by atoms with Crippen molar-refractivity contribution in [3.05, 3.63) is 29.8 Å². The van der Waals surface area contributed by atoms with Gasteiger partial charge < -0.3 is 4.18 Å². The maximum Gasteiger partial charge on any atom is 0.460 e. The van der Waals surface area contributed by atoms with Gasteiger partial charge >= 0.3 is 45.2 Å². The number of rotatable bonds is 8. The van der Waals surface area contributed by atoms with Gasteiger partial charge in [-0.3, -0.25) is 0 Å². The smallest absolute Gasteiger partial charge is 0.378 e. The summed E-state index contributed by atoms with van der Waals surface area (Å²) in [5, 5.41) is -7.40. The fourth-order valence-corrected chi connectivity index (χ4v) is 3.21. The summed E-state index contributed by atoms with van der Waals surface area (Å²) in [4.78, 5) is 0. The molecule has 0 aliphatic heterocycles. The lowest BCUT2D eigenvalue weighted by atomic mass is 9.98. The van der Waals surface area contributed by atoms with Crippen molar-refractivity contribution in [3.8, 4) is 5.75 Å². The molecule has 1 aromatic carbocycles. The highest BCUT2D eigenvalue weighted by atomic mass is 127. The van der Waals surface area contributed by atoms with Gasteiger partial charge in [0.25, 0.3) is 0 Å². The average molecular weight is 630 g/mol. The van der Waals surface area contributed by atoms with Gasteiger partial charge in [0.15, 0.2) is 0 Å². The molecule has 0 aromatic heterocycles. The van der Waals surface area contributed by atoms with Crippen LogP contribution in [-0.2, 0) is 10.1 Å². The molecule has 1 aromatic rings. The average Bonchev–Trinajstić information content (AvgIpc) is 2.59. The molecule has 1 rings (SSSR count). The number of alkyl halides is 14. The van der Waals surface area contributed by atoms with Crippen LogP contribution >= 0.6 is 22.6 Å². The highest BCUT2D eigenvalue weighted by molar-refractivity contribution is 14.1. The molecule has 0 amide bonds. The van der Waals surface area contributed by atoms with E-state index in [2.05, 4.69) is 4.18 Å². The predicted molar refractivity (Wildman–Crippen MR) is 89.2 cm³/mol. The molecule has 0 saturated carbocycles. The van der Waals surface area contributed by atoms with Crippen LogP contribution < -0.4 is 4.18 Å². The van der Waals surface area contributed by atoms with Crippen molar-refractivity contribution in [3.63, 3.8) is 0 Å². The van der Waals surface area contributed by atoms with Gasteiger partial charge in [-0.25, -0.2) is 0 Å². The lowest BCUT2D eigenvalue weighted by Gasteiger charge is -2.38. The molecule has 18 heteroatoms. The van der Waals surface area contributed by atoms with Crippen molar-refractivity contribution in [2.75, 3.05) is 0 Å². The number of hydrogen-bond donors (Lipinski definition) is 0. The summed E-state index contributed by atoms with van der Waals surface area (Å²) < 4.78 is 196. The van der Waals surface area contributed by atoms with Gasteiger partial charge in [-0.1, -0.05) is 34.7 Å². The van der Waals surface area contributed by atoms with Gasteiger partial charge in [-0.2, -0.15) is 65.5 Å². The van der Waals surface area contributed by atoms with E-state index < -0.39 is 51.0 Å². The lowest BCUT2D eigenvalue weighted by molar-refractivity contribution is -0.433. The molecule has 0 N–H and O–H groups in total. The highest BCUT2D eigenvalue weighted by Crippen LogP contribution is 2.61. The summed E-state index contributed by atoms with van der Waals surface area (Å²) >= 11 is 1.83. The Hall–Kier alpha value is -1.21. The van der Waals surface area contributed by atoms with E-state index in [1.807, 2.05) is 22.6 Å². The van der Waals surface area contributed by atoms with E-state index in [-0.39, 0.29) is 3.92 Å². The van der Waals surface area contributed by atoms with E-state index in [1.54, 1.807) is 6.92 Å². The maximum atomic E-state index is 13.8. The second-order valence-electron chi connectivity index (χ2n) is 6.03. The minimum Gasteiger partial charge on any atom is -0.378 e. The van der Waals surface area contributed by atoms with E-state index in [9.17, 15) is 65.5 Å². The predicted octanol–water partition coefficient (Wildman–Crippen LogP) is 6.59. The minimum absolute atomic E-state index is 0.264. The zero-order valence-electron chi connectivity index (χ0n) is 14.8. The number of halogens is 14. The van der Waals surface area contributed by atoms with Crippen LogP contribution in [0.25, 0.3) is 0 Å². The summed E-state index contributed by atoms with van der Waals surface area (Å²) in [5.41, 5.74) is 0.396. The molecule has 186 valence electrons. The second-order valence-corrected chi connectivity index (χ2v) is 9.49. The highest BCUT2D eigenvalue weighted by Gasteiger charge is 2.93. The van der Waals surface area contributed by atoms with Crippen LogP contribution in [0.15, 0.2) is 24.3 Å². The summed E-state index contributed by atoms with van der Waals surface area (Å²) in [5.74, 6) is -33.6. The molecule has 3 nitrogen and oxygen atoms in total. The van der Waals surface area contributed by atoms with Crippen molar-refractivity contribution < 1.29 is 69.7 Å². The van der Waals surface area contributed by atoms with Crippen molar-refractivity contribution in [2.45, 2.75) is 46.0 Å². The second kappa shape index (κ2) is 8.23. The van der Waals surface area contributed by atoms with Crippen LogP contribution in [0.4, 0.5) is 57.1 Å². The van der Waals surface area contributed by atoms with Gasteiger partial charge in [0.1, 0.15) is 5.75 Å². The Balaban J connectivity index is 3.48. The molecule has 0 heterocycles. The molecule has 0 spiro atoms. The molecule has 32 heavy (non-hydrogen) atoms. The van der Waals surface area contributed by atoms with Gasteiger partial charge in [0, 0.05) is 3.92 Å². The van der Waals surface area contributed by atoms with Crippen LogP contribution in [-0.4, -0.2) is 43.5 Å². The molecular formula is C14H8F13IO3S. The maximum absolute atomic E-state index is 13.8. The van der Waals surface area contributed by atoms with Gasteiger partial charge in [-0.05, 0) is 24.6 Å². The molecule has 0 fully saturated rings. The van der Waals surface area contributed by atoms with Crippen LogP contribution in [0.5, 0.6) is 5.75 Å². The quantitative estimate of drug-likeness (QED) is 0.141. The Morgan fingerprint density at radius 1 is 0.719 bits per heavy atom. The van der Waals surface area contributed by atoms with Gasteiger partial charge in [-0.15, -0.1) is 0 Å². The first-order chi connectivity index (χ1) is 13.9. The summed E-state index contributed by atoms with van der Waals surface area (Å²) in [7, 11) is -7.35. The number of hydrogen-bond acceptors (Lipinski definition) is 3. The lowest BCUT2D eigenvalue weighted by Crippen LogP contribution is -2.71. The third-order valence-corrected chi connectivity index (χ3v) is 5.78. The third kappa shape index (κ3) is 4.31. The van der Waals surface area contributed by atoms with Crippen LogP contribution in [0.2, 0.25) is 0 Å². The molecule has 0 aliphatic carbocycles. The van der Waals surface area contributed by atoms with Crippen molar-refractivity contribution in [2.24, 2.45) is 0 Å². The third-order valence-electron chi connectivity index (χ3n) is 3.76. The van der Waals surface area contributed by atoms with Crippen LogP contribution in [0.1, 0.15) is 16.4 Å². The topological polar surface area (TPSA) is 43.4 Å². The van der Waals surface area contributed by atoms with Crippen molar-refractivity contribution in [1.82, 2.24) is 0 Å². The minimum atomic E-state index is -8.24. The first-order valence-corrected chi connectivity index (χ1v) is 10.2. The molecule has 1 unspecified atom stereocenters. The molecule has 1 atom stereocenters. The number of benzene rings is 1. The van der Waals surface area contributed by atoms with Crippen molar-refractivity contribution in [1.29, 1.82) is 0 Å². The summed E-state index contributed by atoms with van der Waals surface area (Å²) in [6, 6.07) is 3.15. The summed E-state index contributed by atoms with van der Waals surface area (Å²) in [6.45, 7) is 1.58. The Morgan fingerprint density at radius 3 is 1.44 bits per heavy atom.